The predicted molar refractivity (Wildman–Crippen MR) is 107 cm³/mol. The summed E-state index contributed by atoms with van der Waals surface area (Å²) in [7, 11) is -3.18. The summed E-state index contributed by atoms with van der Waals surface area (Å²) in [5.74, 6) is 0.987. The Balaban J connectivity index is 1.74. The first-order valence-electron chi connectivity index (χ1n) is 9.88. The molecule has 0 radical (unpaired) electrons. The fraction of sp³-hybridized carbons (Fsp3) is 0.571. The van der Waals surface area contributed by atoms with Crippen molar-refractivity contribution in [3.8, 4) is 5.75 Å². The maximum Gasteiger partial charge on any atom is 0.255 e. The molecule has 2 saturated carbocycles. The van der Waals surface area contributed by atoms with Crippen molar-refractivity contribution < 1.29 is 17.9 Å². The van der Waals surface area contributed by atoms with Gasteiger partial charge in [-0.3, -0.25) is 4.79 Å². The summed E-state index contributed by atoms with van der Waals surface area (Å²) in [5.41, 5.74) is 1.78. The minimum absolute atomic E-state index is 0.166. The van der Waals surface area contributed by atoms with Crippen molar-refractivity contribution >= 4 is 15.7 Å². The first kappa shape index (κ1) is 19.9. The molecule has 2 aliphatic carbocycles. The summed E-state index contributed by atoms with van der Waals surface area (Å²) in [5, 5.41) is 3.86. The van der Waals surface area contributed by atoms with Crippen LogP contribution in [0.4, 0.5) is 0 Å². The van der Waals surface area contributed by atoms with Gasteiger partial charge in [0.05, 0.1) is 11.7 Å². The van der Waals surface area contributed by atoms with E-state index >= 15 is 0 Å². The fourth-order valence-corrected chi connectivity index (χ4v) is 4.44. The topological polar surface area (TPSA) is 72.5 Å². The molecule has 2 fully saturated rings. The van der Waals surface area contributed by atoms with Gasteiger partial charge in [-0.25, -0.2) is 8.42 Å². The Morgan fingerprint density at radius 1 is 1.15 bits per heavy atom. The minimum atomic E-state index is -3.18. The number of carbonyl (C=O) groups is 1. The standard InChI is InChI=1S/C21H29NO4S/c1-27(24,25)14-6-13-22-21(23)19-12-11-17(16-7-2-3-8-16)15-20(19)26-18-9-4-5-10-18/h6,11-12,14-16,18H,2-5,7-10,13H2,1H3,(H,22,23). The second-order valence-corrected chi connectivity index (χ2v) is 9.60. The number of amides is 1. The molecule has 148 valence electrons. The largest absolute Gasteiger partial charge is 0.490 e. The van der Waals surface area contributed by atoms with Gasteiger partial charge >= 0.3 is 0 Å². The van der Waals surface area contributed by atoms with Crippen LogP contribution >= 0.6 is 0 Å². The van der Waals surface area contributed by atoms with Crippen LogP contribution in [-0.4, -0.2) is 33.2 Å². The lowest BCUT2D eigenvalue weighted by Crippen LogP contribution is -2.25. The van der Waals surface area contributed by atoms with Crippen molar-refractivity contribution in [3.05, 3.63) is 40.8 Å². The van der Waals surface area contributed by atoms with Crippen LogP contribution in [0.1, 0.15) is 73.2 Å². The molecule has 1 aromatic carbocycles. The third-order valence-corrected chi connectivity index (χ3v) is 6.08. The first-order valence-corrected chi connectivity index (χ1v) is 11.8. The predicted octanol–water partition coefficient (Wildman–Crippen LogP) is 3.95. The lowest BCUT2D eigenvalue weighted by molar-refractivity contribution is 0.0950. The first-order chi connectivity index (χ1) is 12.9. The second-order valence-electron chi connectivity index (χ2n) is 7.67. The van der Waals surface area contributed by atoms with Crippen LogP contribution in [0.25, 0.3) is 0 Å². The molecule has 2 aliphatic rings. The monoisotopic (exact) mass is 391 g/mol. The molecule has 0 spiro atoms. The van der Waals surface area contributed by atoms with Crippen molar-refractivity contribution in [2.45, 2.75) is 63.4 Å². The SMILES string of the molecule is CS(=O)(=O)C=CCNC(=O)c1ccc(C2CCCC2)cc1OC1CCCC1. The van der Waals surface area contributed by atoms with Crippen LogP contribution in [-0.2, 0) is 9.84 Å². The van der Waals surface area contributed by atoms with Gasteiger partial charge in [-0.2, -0.15) is 0 Å². The number of nitrogens with one attached hydrogen (secondary N) is 1. The van der Waals surface area contributed by atoms with Crippen molar-refractivity contribution in [2.24, 2.45) is 0 Å². The molecule has 0 saturated heterocycles. The minimum Gasteiger partial charge on any atom is -0.490 e. The zero-order valence-corrected chi connectivity index (χ0v) is 16.8. The van der Waals surface area contributed by atoms with Gasteiger partial charge in [-0.05, 0) is 62.1 Å². The van der Waals surface area contributed by atoms with E-state index in [2.05, 4.69) is 11.4 Å². The van der Waals surface area contributed by atoms with Crippen LogP contribution in [0, 0.1) is 0 Å². The summed E-state index contributed by atoms with van der Waals surface area (Å²) in [6, 6.07) is 5.95. The normalized spacial score (nSPS) is 19.0. The van der Waals surface area contributed by atoms with Crippen LogP contribution in [0.3, 0.4) is 0 Å². The van der Waals surface area contributed by atoms with E-state index in [-0.39, 0.29) is 18.6 Å². The number of rotatable bonds is 7. The molecule has 1 amide bonds. The van der Waals surface area contributed by atoms with E-state index in [1.165, 1.54) is 50.2 Å². The molecular weight excluding hydrogens is 362 g/mol. The number of hydrogen-bond acceptors (Lipinski definition) is 4. The Morgan fingerprint density at radius 2 is 1.81 bits per heavy atom. The van der Waals surface area contributed by atoms with Gasteiger partial charge in [0.15, 0.2) is 9.84 Å². The third-order valence-electron chi connectivity index (χ3n) is 5.40. The van der Waals surface area contributed by atoms with Crippen molar-refractivity contribution in [2.75, 3.05) is 12.8 Å². The molecule has 3 rings (SSSR count). The van der Waals surface area contributed by atoms with E-state index < -0.39 is 9.84 Å². The zero-order chi connectivity index (χ0) is 19.3. The molecule has 0 bridgehead atoms. The average molecular weight is 392 g/mol. The van der Waals surface area contributed by atoms with Crippen molar-refractivity contribution in [1.29, 1.82) is 0 Å². The molecular formula is C21H29NO4S. The number of carbonyl (C=O) groups excluding carboxylic acids is 1. The van der Waals surface area contributed by atoms with E-state index in [1.807, 2.05) is 12.1 Å². The Hall–Kier alpha value is -1.82. The van der Waals surface area contributed by atoms with Gasteiger partial charge in [0.1, 0.15) is 5.75 Å². The highest BCUT2D eigenvalue weighted by molar-refractivity contribution is 7.93. The molecule has 0 aliphatic heterocycles. The van der Waals surface area contributed by atoms with Crippen LogP contribution in [0.15, 0.2) is 29.7 Å². The fourth-order valence-electron chi connectivity index (χ4n) is 3.99. The number of hydrogen-bond donors (Lipinski definition) is 1. The average Bonchev–Trinajstić information content (AvgIpc) is 3.31. The van der Waals surface area contributed by atoms with Crippen LogP contribution in [0.5, 0.6) is 5.75 Å². The van der Waals surface area contributed by atoms with Crippen molar-refractivity contribution in [1.82, 2.24) is 5.32 Å². The second kappa shape index (κ2) is 8.91. The van der Waals surface area contributed by atoms with Crippen LogP contribution < -0.4 is 10.1 Å². The van der Waals surface area contributed by atoms with Gasteiger partial charge in [-0.1, -0.05) is 25.0 Å². The molecule has 5 nitrogen and oxygen atoms in total. The summed E-state index contributed by atoms with van der Waals surface area (Å²) in [6.45, 7) is 0.166. The summed E-state index contributed by atoms with van der Waals surface area (Å²) in [6.07, 6.45) is 12.1. The summed E-state index contributed by atoms with van der Waals surface area (Å²) >= 11 is 0. The van der Waals surface area contributed by atoms with E-state index in [0.717, 1.165) is 24.5 Å². The molecule has 0 heterocycles. The van der Waals surface area contributed by atoms with Crippen LogP contribution in [0.2, 0.25) is 0 Å². The number of ether oxygens (including phenoxy) is 1. The van der Waals surface area contributed by atoms with Gasteiger partial charge in [0.2, 0.25) is 0 Å². The molecule has 0 aromatic heterocycles. The van der Waals surface area contributed by atoms with Gasteiger partial charge in [-0.15, -0.1) is 0 Å². The van der Waals surface area contributed by atoms with E-state index in [9.17, 15) is 13.2 Å². The molecule has 0 unspecified atom stereocenters. The highest BCUT2D eigenvalue weighted by Gasteiger charge is 2.23. The van der Waals surface area contributed by atoms with E-state index in [0.29, 0.717) is 17.2 Å². The maximum absolute atomic E-state index is 12.6. The number of benzene rings is 1. The summed E-state index contributed by atoms with van der Waals surface area (Å²) in [4.78, 5) is 12.6. The summed E-state index contributed by atoms with van der Waals surface area (Å²) < 4.78 is 28.5. The van der Waals surface area contributed by atoms with Gasteiger partial charge in [0, 0.05) is 18.2 Å². The molecule has 27 heavy (non-hydrogen) atoms. The molecule has 0 atom stereocenters. The zero-order valence-electron chi connectivity index (χ0n) is 15.9. The lowest BCUT2D eigenvalue weighted by atomic mass is 9.96. The molecule has 1 aromatic rings. The molecule has 6 heteroatoms. The van der Waals surface area contributed by atoms with Gasteiger partial charge in [0.25, 0.3) is 5.91 Å². The van der Waals surface area contributed by atoms with E-state index in [1.54, 1.807) is 0 Å². The van der Waals surface area contributed by atoms with Gasteiger partial charge < -0.3 is 10.1 Å². The Kier molecular flexibility index (Phi) is 6.58. The lowest BCUT2D eigenvalue weighted by Gasteiger charge is -2.19. The Labute approximate surface area is 162 Å². The molecule has 1 N–H and O–H groups in total. The highest BCUT2D eigenvalue weighted by Crippen LogP contribution is 2.37. The van der Waals surface area contributed by atoms with E-state index in [4.69, 9.17) is 4.74 Å². The third kappa shape index (κ3) is 5.83. The Morgan fingerprint density at radius 3 is 2.48 bits per heavy atom. The Bertz CT molecular complexity index is 788. The highest BCUT2D eigenvalue weighted by atomic mass is 32.2. The number of sulfone groups is 1. The van der Waals surface area contributed by atoms with Crippen molar-refractivity contribution in [3.63, 3.8) is 0 Å². The quantitative estimate of drug-likeness (QED) is 0.764. The maximum atomic E-state index is 12.6. The smallest absolute Gasteiger partial charge is 0.255 e.